The fraction of sp³-hybridized carbons (Fsp3) is 0.417. The highest BCUT2D eigenvalue weighted by molar-refractivity contribution is 5.73. The average molecular weight is 267 g/mol. The first-order valence-corrected chi connectivity index (χ1v) is 5.79. The number of hydrogen-bond acceptors (Lipinski definition) is 4. The van der Waals surface area contributed by atoms with Crippen molar-refractivity contribution in [2.24, 2.45) is 0 Å². The number of carbonyl (C=O) groups is 1. The van der Waals surface area contributed by atoms with Gasteiger partial charge in [-0.2, -0.15) is 0 Å². The number of phenols is 1. The Labute approximate surface area is 111 Å². The Morgan fingerprint density at radius 1 is 1.42 bits per heavy atom. The van der Waals surface area contributed by atoms with Crippen LogP contribution in [-0.4, -0.2) is 46.5 Å². The summed E-state index contributed by atoms with van der Waals surface area (Å²) in [7, 11) is 3.25. The summed E-state index contributed by atoms with van der Waals surface area (Å²) < 4.78 is 0. The summed E-state index contributed by atoms with van der Waals surface area (Å²) in [5, 5.41) is 20.4. The van der Waals surface area contributed by atoms with Crippen LogP contribution in [0.15, 0.2) is 18.2 Å². The van der Waals surface area contributed by atoms with Crippen molar-refractivity contribution in [3.8, 4) is 5.75 Å². The molecule has 2 amide bonds. The molecule has 1 aromatic rings. The van der Waals surface area contributed by atoms with Gasteiger partial charge in [0.15, 0.2) is 0 Å². The third-order valence-electron chi connectivity index (χ3n) is 2.67. The van der Waals surface area contributed by atoms with Crippen molar-refractivity contribution in [3.05, 3.63) is 33.9 Å². The third kappa shape index (κ3) is 3.57. The molecule has 1 rings (SSSR count). The molecule has 7 heteroatoms. The molecule has 0 aliphatic rings. The molecule has 104 valence electrons. The number of urea groups is 1. The third-order valence-corrected chi connectivity index (χ3v) is 2.67. The smallest absolute Gasteiger partial charge is 0.319 e. The molecule has 19 heavy (non-hydrogen) atoms. The molecule has 1 aromatic carbocycles. The van der Waals surface area contributed by atoms with Gasteiger partial charge in [-0.1, -0.05) is 0 Å². The molecular formula is C12H17N3O4. The number of nitro benzene ring substituents is 1. The first-order valence-electron chi connectivity index (χ1n) is 5.79. The van der Waals surface area contributed by atoms with Gasteiger partial charge in [-0.3, -0.25) is 10.1 Å². The summed E-state index contributed by atoms with van der Waals surface area (Å²) in [4.78, 5) is 24.9. The molecule has 1 N–H and O–H groups in total. The molecule has 0 spiro atoms. The van der Waals surface area contributed by atoms with Gasteiger partial charge < -0.3 is 14.9 Å². The van der Waals surface area contributed by atoms with Gasteiger partial charge in [-0.25, -0.2) is 4.79 Å². The highest BCUT2D eigenvalue weighted by atomic mass is 16.6. The lowest BCUT2D eigenvalue weighted by molar-refractivity contribution is -0.385. The van der Waals surface area contributed by atoms with Crippen molar-refractivity contribution >= 4 is 11.7 Å². The molecule has 0 saturated carbocycles. The summed E-state index contributed by atoms with van der Waals surface area (Å²) in [6.07, 6.45) is 0. The summed E-state index contributed by atoms with van der Waals surface area (Å²) >= 11 is 0. The van der Waals surface area contributed by atoms with E-state index in [2.05, 4.69) is 0 Å². The Morgan fingerprint density at radius 3 is 2.53 bits per heavy atom. The first kappa shape index (κ1) is 14.7. The maximum Gasteiger partial charge on any atom is 0.319 e. The van der Waals surface area contributed by atoms with Crippen molar-refractivity contribution in [1.29, 1.82) is 0 Å². The van der Waals surface area contributed by atoms with Gasteiger partial charge in [0, 0.05) is 38.3 Å². The molecular weight excluding hydrogens is 250 g/mol. The second kappa shape index (κ2) is 6.03. The molecule has 0 bridgehead atoms. The fourth-order valence-corrected chi connectivity index (χ4v) is 1.62. The van der Waals surface area contributed by atoms with Crippen molar-refractivity contribution in [1.82, 2.24) is 9.80 Å². The standard InChI is InChI=1S/C12H17N3O4/c1-4-14(12(17)13(2)3)8-9-7-10(15(18)19)5-6-11(9)16/h5-7,16H,4,8H2,1-3H3. The van der Waals surface area contributed by atoms with E-state index < -0.39 is 4.92 Å². The summed E-state index contributed by atoms with van der Waals surface area (Å²) in [5.41, 5.74) is 0.243. The van der Waals surface area contributed by atoms with Gasteiger partial charge in [-0.15, -0.1) is 0 Å². The minimum atomic E-state index is -0.535. The van der Waals surface area contributed by atoms with E-state index in [9.17, 15) is 20.0 Å². The SMILES string of the molecule is CCN(Cc1cc([N+](=O)[O-])ccc1O)C(=O)N(C)C. The lowest BCUT2D eigenvalue weighted by atomic mass is 10.1. The maximum atomic E-state index is 11.8. The van der Waals surface area contributed by atoms with E-state index in [-0.39, 0.29) is 24.0 Å². The van der Waals surface area contributed by atoms with Gasteiger partial charge in [-0.05, 0) is 13.0 Å². The lowest BCUT2D eigenvalue weighted by Crippen LogP contribution is -2.38. The zero-order chi connectivity index (χ0) is 14.6. The molecule has 0 aromatic heterocycles. The zero-order valence-electron chi connectivity index (χ0n) is 11.2. The quantitative estimate of drug-likeness (QED) is 0.665. The number of aromatic hydroxyl groups is 1. The van der Waals surface area contributed by atoms with Crippen LogP contribution in [0, 0.1) is 10.1 Å². The Morgan fingerprint density at radius 2 is 2.05 bits per heavy atom. The van der Waals surface area contributed by atoms with E-state index in [0.717, 1.165) is 0 Å². The molecule has 0 radical (unpaired) electrons. The Bertz CT molecular complexity index is 488. The molecule has 0 unspecified atom stereocenters. The van der Waals surface area contributed by atoms with Crippen LogP contribution in [0.25, 0.3) is 0 Å². The van der Waals surface area contributed by atoms with Crippen LogP contribution in [0.2, 0.25) is 0 Å². The van der Waals surface area contributed by atoms with Crippen LogP contribution in [0.5, 0.6) is 5.75 Å². The summed E-state index contributed by atoms with van der Waals surface area (Å²) in [6.45, 7) is 2.37. The Kier molecular flexibility index (Phi) is 4.68. The predicted octanol–water partition coefficient (Wildman–Crippen LogP) is 1.80. The van der Waals surface area contributed by atoms with Gasteiger partial charge in [0.1, 0.15) is 5.75 Å². The number of nitrogens with zero attached hydrogens (tertiary/aromatic N) is 3. The van der Waals surface area contributed by atoms with Crippen LogP contribution in [0.3, 0.4) is 0 Å². The number of phenolic OH excluding ortho intramolecular Hbond substituents is 1. The van der Waals surface area contributed by atoms with E-state index in [1.165, 1.54) is 28.0 Å². The van der Waals surface area contributed by atoms with Crippen LogP contribution >= 0.6 is 0 Å². The molecule has 0 heterocycles. The highest BCUT2D eigenvalue weighted by Gasteiger charge is 2.17. The first-order chi connectivity index (χ1) is 8.86. The molecule has 7 nitrogen and oxygen atoms in total. The maximum absolute atomic E-state index is 11.8. The predicted molar refractivity (Wildman–Crippen MR) is 69.9 cm³/mol. The monoisotopic (exact) mass is 267 g/mol. The molecule has 0 fully saturated rings. The molecule has 0 saturated heterocycles. The molecule has 0 aliphatic heterocycles. The van der Waals surface area contributed by atoms with E-state index in [4.69, 9.17) is 0 Å². The fourth-order valence-electron chi connectivity index (χ4n) is 1.62. The van der Waals surface area contributed by atoms with E-state index in [1.54, 1.807) is 21.0 Å². The molecule has 0 atom stereocenters. The van der Waals surface area contributed by atoms with Crippen molar-refractivity contribution < 1.29 is 14.8 Å². The van der Waals surface area contributed by atoms with Crippen LogP contribution in [0.4, 0.5) is 10.5 Å². The number of nitro groups is 1. The lowest BCUT2D eigenvalue weighted by Gasteiger charge is -2.25. The summed E-state index contributed by atoms with van der Waals surface area (Å²) in [5.74, 6) is -0.0596. The second-order valence-electron chi connectivity index (χ2n) is 4.26. The van der Waals surface area contributed by atoms with Crippen LogP contribution in [-0.2, 0) is 6.54 Å². The number of hydrogen-bond donors (Lipinski definition) is 1. The minimum absolute atomic E-state index is 0.0596. The van der Waals surface area contributed by atoms with Gasteiger partial charge >= 0.3 is 6.03 Å². The van der Waals surface area contributed by atoms with E-state index in [0.29, 0.717) is 12.1 Å². The van der Waals surface area contributed by atoms with E-state index >= 15 is 0 Å². The number of carbonyl (C=O) groups excluding carboxylic acids is 1. The number of non-ortho nitro benzene ring substituents is 1. The highest BCUT2D eigenvalue weighted by Crippen LogP contribution is 2.24. The average Bonchev–Trinajstić information content (AvgIpc) is 2.36. The molecule has 0 aliphatic carbocycles. The van der Waals surface area contributed by atoms with Gasteiger partial charge in [0.25, 0.3) is 5.69 Å². The second-order valence-corrected chi connectivity index (χ2v) is 4.26. The van der Waals surface area contributed by atoms with Gasteiger partial charge in [0.2, 0.25) is 0 Å². The van der Waals surface area contributed by atoms with Crippen molar-refractivity contribution in [2.45, 2.75) is 13.5 Å². The minimum Gasteiger partial charge on any atom is -0.508 e. The topological polar surface area (TPSA) is 86.9 Å². The Hall–Kier alpha value is -2.31. The Balaban J connectivity index is 2.99. The summed E-state index contributed by atoms with van der Waals surface area (Å²) in [6, 6.07) is 3.55. The van der Waals surface area contributed by atoms with E-state index in [1.807, 2.05) is 0 Å². The van der Waals surface area contributed by atoms with Crippen molar-refractivity contribution in [3.63, 3.8) is 0 Å². The zero-order valence-corrected chi connectivity index (χ0v) is 11.2. The van der Waals surface area contributed by atoms with Crippen molar-refractivity contribution in [2.75, 3.05) is 20.6 Å². The number of amides is 2. The number of benzene rings is 1. The van der Waals surface area contributed by atoms with Crippen LogP contribution < -0.4 is 0 Å². The largest absolute Gasteiger partial charge is 0.508 e. The number of rotatable bonds is 4. The normalized spacial score (nSPS) is 10.1. The van der Waals surface area contributed by atoms with Crippen LogP contribution in [0.1, 0.15) is 12.5 Å². The van der Waals surface area contributed by atoms with Gasteiger partial charge in [0.05, 0.1) is 11.5 Å².